The zero-order chi connectivity index (χ0) is 18.6. The van der Waals surface area contributed by atoms with Crippen LogP contribution in [-0.2, 0) is 6.42 Å². The van der Waals surface area contributed by atoms with Gasteiger partial charge in [0.05, 0.1) is 12.1 Å². The summed E-state index contributed by atoms with van der Waals surface area (Å²) in [5.41, 5.74) is 1.43. The summed E-state index contributed by atoms with van der Waals surface area (Å²) < 4.78 is 19.0. The van der Waals surface area contributed by atoms with Crippen molar-refractivity contribution in [3.8, 4) is 0 Å². The minimum atomic E-state index is -0.253. The lowest BCUT2D eigenvalue weighted by molar-refractivity contribution is 0.0692. The summed E-state index contributed by atoms with van der Waals surface area (Å²) in [5, 5.41) is 0. The standard InChI is InChI=1S/C21H20FN3O2/c22-17-8-6-15(7-9-17)12-18-13-24-20(27-18)16-4-3-11-25(14-16)21(26)19-5-1-2-10-23-19/h1-2,5-10,13,16H,3-4,11-12,14H2. The fraction of sp³-hybridized carbons (Fsp3) is 0.286. The maximum atomic E-state index is 13.0. The van der Waals surface area contributed by atoms with Crippen LogP contribution in [0.3, 0.4) is 0 Å². The second-order valence-electron chi connectivity index (χ2n) is 6.77. The van der Waals surface area contributed by atoms with Gasteiger partial charge in [0.1, 0.15) is 17.3 Å². The van der Waals surface area contributed by atoms with Crippen molar-refractivity contribution >= 4 is 5.91 Å². The van der Waals surface area contributed by atoms with E-state index in [0.29, 0.717) is 24.6 Å². The van der Waals surface area contributed by atoms with Crippen LogP contribution in [0.2, 0.25) is 0 Å². The average molecular weight is 365 g/mol. The maximum Gasteiger partial charge on any atom is 0.272 e. The van der Waals surface area contributed by atoms with Crippen molar-refractivity contribution in [1.82, 2.24) is 14.9 Å². The summed E-state index contributed by atoms with van der Waals surface area (Å²) in [6, 6.07) is 11.7. The van der Waals surface area contributed by atoms with Crippen LogP contribution in [0.25, 0.3) is 0 Å². The number of pyridine rings is 1. The van der Waals surface area contributed by atoms with E-state index in [1.807, 2.05) is 11.0 Å². The third-order valence-corrected chi connectivity index (χ3v) is 4.80. The van der Waals surface area contributed by atoms with Crippen LogP contribution in [0.5, 0.6) is 0 Å². The molecule has 0 saturated carbocycles. The molecule has 5 nitrogen and oxygen atoms in total. The Morgan fingerprint density at radius 1 is 1.19 bits per heavy atom. The van der Waals surface area contributed by atoms with Crippen LogP contribution < -0.4 is 0 Å². The highest BCUT2D eigenvalue weighted by Crippen LogP contribution is 2.28. The molecule has 0 N–H and O–H groups in total. The van der Waals surface area contributed by atoms with E-state index in [2.05, 4.69) is 9.97 Å². The van der Waals surface area contributed by atoms with Gasteiger partial charge in [0.15, 0.2) is 5.89 Å². The lowest BCUT2D eigenvalue weighted by atomic mass is 9.97. The molecule has 1 saturated heterocycles. The number of carbonyl (C=O) groups is 1. The molecule has 0 aliphatic carbocycles. The molecule has 3 heterocycles. The highest BCUT2D eigenvalue weighted by molar-refractivity contribution is 5.92. The maximum absolute atomic E-state index is 13.0. The molecule has 4 rings (SSSR count). The number of piperidine rings is 1. The molecule has 1 aliphatic heterocycles. The van der Waals surface area contributed by atoms with E-state index in [0.717, 1.165) is 30.7 Å². The quantitative estimate of drug-likeness (QED) is 0.705. The molecular weight excluding hydrogens is 345 g/mol. The summed E-state index contributed by atoms with van der Waals surface area (Å²) in [7, 11) is 0. The first-order chi connectivity index (χ1) is 13.2. The van der Waals surface area contributed by atoms with Crippen molar-refractivity contribution < 1.29 is 13.6 Å². The van der Waals surface area contributed by atoms with Crippen molar-refractivity contribution in [3.63, 3.8) is 0 Å². The molecule has 1 unspecified atom stereocenters. The van der Waals surface area contributed by atoms with Crippen LogP contribution in [0.4, 0.5) is 4.39 Å². The molecule has 0 radical (unpaired) electrons. The van der Waals surface area contributed by atoms with Crippen LogP contribution in [0.15, 0.2) is 59.3 Å². The van der Waals surface area contributed by atoms with E-state index < -0.39 is 0 Å². The number of nitrogens with zero attached hydrogens (tertiary/aromatic N) is 3. The van der Waals surface area contributed by atoms with E-state index in [4.69, 9.17) is 4.42 Å². The average Bonchev–Trinajstić information content (AvgIpc) is 3.18. The van der Waals surface area contributed by atoms with Crippen LogP contribution in [0, 0.1) is 5.82 Å². The number of aromatic nitrogens is 2. The summed E-state index contributed by atoms with van der Waals surface area (Å²) >= 11 is 0. The lowest BCUT2D eigenvalue weighted by Crippen LogP contribution is -2.39. The molecular formula is C21H20FN3O2. The third-order valence-electron chi connectivity index (χ3n) is 4.80. The Labute approximate surface area is 156 Å². The molecule has 3 aromatic rings. The predicted octanol–water partition coefficient (Wildman–Crippen LogP) is 3.82. The van der Waals surface area contributed by atoms with E-state index in [-0.39, 0.29) is 17.6 Å². The monoisotopic (exact) mass is 365 g/mol. The van der Waals surface area contributed by atoms with E-state index in [9.17, 15) is 9.18 Å². The van der Waals surface area contributed by atoms with Crippen molar-refractivity contribution in [2.24, 2.45) is 0 Å². The predicted molar refractivity (Wildman–Crippen MR) is 97.8 cm³/mol. The van der Waals surface area contributed by atoms with Crippen molar-refractivity contribution in [1.29, 1.82) is 0 Å². The number of amides is 1. The Morgan fingerprint density at radius 2 is 2.04 bits per heavy atom. The number of likely N-dealkylation sites (tertiary alicyclic amines) is 1. The Kier molecular flexibility index (Phi) is 4.96. The minimum Gasteiger partial charge on any atom is -0.445 e. The number of halogens is 1. The van der Waals surface area contributed by atoms with E-state index in [1.165, 1.54) is 12.1 Å². The molecule has 1 aromatic carbocycles. The molecule has 1 fully saturated rings. The second kappa shape index (κ2) is 7.70. The van der Waals surface area contributed by atoms with Gasteiger partial charge in [-0.1, -0.05) is 18.2 Å². The minimum absolute atomic E-state index is 0.0570. The van der Waals surface area contributed by atoms with E-state index >= 15 is 0 Å². The van der Waals surface area contributed by atoms with Gasteiger partial charge in [-0.05, 0) is 42.7 Å². The number of hydrogen-bond acceptors (Lipinski definition) is 4. The highest BCUT2D eigenvalue weighted by atomic mass is 19.1. The van der Waals surface area contributed by atoms with Crippen molar-refractivity contribution in [2.75, 3.05) is 13.1 Å². The summed E-state index contributed by atoms with van der Waals surface area (Å²) in [5.74, 6) is 1.17. The van der Waals surface area contributed by atoms with Gasteiger partial charge in [-0.25, -0.2) is 9.37 Å². The molecule has 1 atom stereocenters. The molecule has 0 spiro atoms. The second-order valence-corrected chi connectivity index (χ2v) is 6.77. The Morgan fingerprint density at radius 3 is 2.81 bits per heavy atom. The largest absolute Gasteiger partial charge is 0.445 e. The first kappa shape index (κ1) is 17.4. The number of rotatable bonds is 4. The fourth-order valence-electron chi connectivity index (χ4n) is 3.41. The molecule has 0 bridgehead atoms. The summed E-state index contributed by atoms with van der Waals surface area (Å²) in [6.45, 7) is 1.29. The Balaban J connectivity index is 1.43. The Bertz CT molecular complexity index is 909. The van der Waals surface area contributed by atoms with Crippen molar-refractivity contribution in [2.45, 2.75) is 25.2 Å². The Hall–Kier alpha value is -3.02. The first-order valence-electron chi connectivity index (χ1n) is 9.08. The normalized spacial score (nSPS) is 17.1. The zero-order valence-electron chi connectivity index (χ0n) is 14.8. The molecule has 6 heteroatoms. The van der Waals surface area contributed by atoms with Crippen LogP contribution in [0.1, 0.15) is 46.5 Å². The molecule has 138 valence electrons. The third kappa shape index (κ3) is 4.05. The zero-order valence-corrected chi connectivity index (χ0v) is 14.8. The molecule has 1 aliphatic rings. The molecule has 2 aromatic heterocycles. The van der Waals surface area contributed by atoms with Gasteiger partial charge in [0, 0.05) is 25.7 Å². The van der Waals surface area contributed by atoms with E-state index in [1.54, 1.807) is 36.7 Å². The summed E-state index contributed by atoms with van der Waals surface area (Å²) in [6.07, 6.45) is 5.75. The molecule has 1 amide bonds. The fourth-order valence-corrected chi connectivity index (χ4v) is 3.41. The van der Waals surface area contributed by atoms with Gasteiger partial charge in [-0.3, -0.25) is 9.78 Å². The number of benzene rings is 1. The lowest BCUT2D eigenvalue weighted by Gasteiger charge is -2.31. The van der Waals surface area contributed by atoms with Gasteiger partial charge < -0.3 is 9.32 Å². The van der Waals surface area contributed by atoms with Gasteiger partial charge >= 0.3 is 0 Å². The SMILES string of the molecule is O=C(c1ccccn1)N1CCCC(c2ncc(Cc3ccc(F)cc3)o2)C1. The van der Waals surface area contributed by atoms with Gasteiger partial charge in [0.2, 0.25) is 0 Å². The van der Waals surface area contributed by atoms with Crippen molar-refractivity contribution in [3.05, 3.63) is 83.6 Å². The topological polar surface area (TPSA) is 59.2 Å². The van der Waals surface area contributed by atoms with Gasteiger partial charge in [-0.15, -0.1) is 0 Å². The number of carbonyl (C=O) groups excluding carboxylic acids is 1. The van der Waals surface area contributed by atoms with Gasteiger partial charge in [-0.2, -0.15) is 0 Å². The summed E-state index contributed by atoms with van der Waals surface area (Å²) in [4.78, 5) is 23.0. The molecule has 27 heavy (non-hydrogen) atoms. The number of hydrogen-bond donors (Lipinski definition) is 0. The van der Waals surface area contributed by atoms with Gasteiger partial charge in [0.25, 0.3) is 5.91 Å². The highest BCUT2D eigenvalue weighted by Gasteiger charge is 2.28. The first-order valence-corrected chi connectivity index (χ1v) is 9.08. The smallest absolute Gasteiger partial charge is 0.272 e. The number of oxazole rings is 1. The van der Waals surface area contributed by atoms with Crippen LogP contribution >= 0.6 is 0 Å². The van der Waals surface area contributed by atoms with Crippen LogP contribution in [-0.4, -0.2) is 33.9 Å².